The first-order valence-electron chi connectivity index (χ1n) is 5.80. The molecule has 5 heteroatoms. The van der Waals surface area contributed by atoms with Gasteiger partial charge < -0.3 is 15.4 Å². The molecule has 0 unspecified atom stereocenters. The Morgan fingerprint density at radius 2 is 1.94 bits per heavy atom. The summed E-state index contributed by atoms with van der Waals surface area (Å²) in [5, 5.41) is 5.66. The summed E-state index contributed by atoms with van der Waals surface area (Å²) in [6.45, 7) is 1.15. The number of carbonyl (C=O) groups excluding carboxylic acids is 2. The highest BCUT2D eigenvalue weighted by molar-refractivity contribution is 5.78. The number of esters is 1. The Kier molecular flexibility index (Phi) is 6.50. The van der Waals surface area contributed by atoms with Crippen LogP contribution in [0.15, 0.2) is 30.3 Å². The minimum Gasteiger partial charge on any atom is -0.469 e. The Labute approximate surface area is 107 Å². The minimum absolute atomic E-state index is 0.0938. The van der Waals surface area contributed by atoms with E-state index in [0.29, 0.717) is 13.1 Å². The maximum atomic E-state index is 11.4. The van der Waals surface area contributed by atoms with Crippen LogP contribution < -0.4 is 10.6 Å². The van der Waals surface area contributed by atoms with Crippen molar-refractivity contribution in [1.29, 1.82) is 0 Å². The second-order valence-electron chi connectivity index (χ2n) is 3.77. The summed E-state index contributed by atoms with van der Waals surface area (Å²) in [6.07, 6.45) is 0.266. The fourth-order valence-electron chi connectivity index (χ4n) is 1.35. The van der Waals surface area contributed by atoms with Gasteiger partial charge in [0.2, 0.25) is 5.91 Å². The summed E-state index contributed by atoms with van der Waals surface area (Å²) < 4.78 is 4.48. The third kappa shape index (κ3) is 6.00. The SMILES string of the molecule is COC(=O)CCNCC(=O)NCc1ccccc1. The van der Waals surface area contributed by atoms with Crippen LogP contribution >= 0.6 is 0 Å². The molecule has 1 aromatic rings. The van der Waals surface area contributed by atoms with Gasteiger partial charge >= 0.3 is 5.97 Å². The van der Waals surface area contributed by atoms with E-state index in [1.165, 1.54) is 7.11 Å². The number of amides is 1. The predicted octanol–water partition coefficient (Wildman–Crippen LogP) is 0.456. The zero-order valence-corrected chi connectivity index (χ0v) is 10.4. The molecule has 1 amide bonds. The highest BCUT2D eigenvalue weighted by atomic mass is 16.5. The molecule has 0 fully saturated rings. The normalized spacial score (nSPS) is 9.83. The molecule has 0 saturated carbocycles. The Bertz CT molecular complexity index is 379. The number of benzene rings is 1. The maximum Gasteiger partial charge on any atom is 0.306 e. The van der Waals surface area contributed by atoms with Crippen LogP contribution in [-0.2, 0) is 20.9 Å². The average Bonchev–Trinajstić information content (AvgIpc) is 2.42. The van der Waals surface area contributed by atoms with Crippen LogP contribution in [0.2, 0.25) is 0 Å². The van der Waals surface area contributed by atoms with Crippen molar-refractivity contribution in [2.45, 2.75) is 13.0 Å². The Balaban J connectivity index is 2.09. The molecular formula is C13H18N2O3. The number of nitrogens with one attached hydrogen (secondary N) is 2. The molecule has 0 radical (unpaired) electrons. The van der Waals surface area contributed by atoms with Gasteiger partial charge in [-0.3, -0.25) is 9.59 Å². The van der Waals surface area contributed by atoms with E-state index in [1.807, 2.05) is 30.3 Å². The molecule has 0 aromatic heterocycles. The largest absolute Gasteiger partial charge is 0.469 e. The number of ether oxygens (including phenoxy) is 1. The van der Waals surface area contributed by atoms with Gasteiger partial charge in [-0.25, -0.2) is 0 Å². The van der Waals surface area contributed by atoms with Crippen LogP contribution in [0.25, 0.3) is 0 Å². The van der Waals surface area contributed by atoms with E-state index in [1.54, 1.807) is 0 Å². The standard InChI is InChI=1S/C13H18N2O3/c1-18-13(17)7-8-14-10-12(16)15-9-11-5-3-2-4-6-11/h2-6,14H,7-10H2,1H3,(H,15,16). The van der Waals surface area contributed by atoms with E-state index >= 15 is 0 Å². The van der Waals surface area contributed by atoms with E-state index in [-0.39, 0.29) is 24.8 Å². The van der Waals surface area contributed by atoms with E-state index in [9.17, 15) is 9.59 Å². The molecule has 5 nitrogen and oxygen atoms in total. The number of rotatable bonds is 7. The molecule has 1 rings (SSSR count). The van der Waals surface area contributed by atoms with Crippen molar-refractivity contribution in [3.63, 3.8) is 0 Å². The summed E-state index contributed by atoms with van der Waals surface area (Å²) >= 11 is 0. The molecule has 0 heterocycles. The zero-order valence-electron chi connectivity index (χ0n) is 10.4. The fraction of sp³-hybridized carbons (Fsp3) is 0.385. The number of hydrogen-bond donors (Lipinski definition) is 2. The summed E-state index contributed by atoms with van der Waals surface area (Å²) in [5.74, 6) is -0.379. The first kappa shape index (κ1) is 14.2. The van der Waals surface area contributed by atoms with Crippen molar-refractivity contribution < 1.29 is 14.3 Å². The van der Waals surface area contributed by atoms with Crippen LogP contribution in [0.1, 0.15) is 12.0 Å². The summed E-state index contributed by atoms with van der Waals surface area (Å²) in [6, 6.07) is 9.68. The van der Waals surface area contributed by atoms with Gasteiger partial charge in [0.1, 0.15) is 0 Å². The predicted molar refractivity (Wildman–Crippen MR) is 67.8 cm³/mol. The molecule has 0 aliphatic heterocycles. The second-order valence-corrected chi connectivity index (χ2v) is 3.77. The summed E-state index contributed by atoms with van der Waals surface area (Å²) in [5.41, 5.74) is 1.06. The lowest BCUT2D eigenvalue weighted by molar-refractivity contribution is -0.140. The number of methoxy groups -OCH3 is 1. The second kappa shape index (κ2) is 8.25. The van der Waals surface area contributed by atoms with Crippen molar-refractivity contribution >= 4 is 11.9 Å². The van der Waals surface area contributed by atoms with Gasteiger partial charge in [-0.05, 0) is 5.56 Å². The summed E-state index contributed by atoms with van der Waals surface area (Å²) in [4.78, 5) is 22.2. The Morgan fingerprint density at radius 1 is 1.22 bits per heavy atom. The first-order chi connectivity index (χ1) is 8.72. The third-order valence-corrected chi connectivity index (χ3v) is 2.35. The Morgan fingerprint density at radius 3 is 2.61 bits per heavy atom. The lowest BCUT2D eigenvalue weighted by Gasteiger charge is -2.06. The maximum absolute atomic E-state index is 11.4. The monoisotopic (exact) mass is 250 g/mol. The Hall–Kier alpha value is -1.88. The molecule has 2 N–H and O–H groups in total. The van der Waals surface area contributed by atoms with Crippen molar-refractivity contribution in [2.24, 2.45) is 0 Å². The molecular weight excluding hydrogens is 232 g/mol. The molecule has 0 aliphatic carbocycles. The van der Waals surface area contributed by atoms with Crippen LogP contribution in [0.4, 0.5) is 0 Å². The van der Waals surface area contributed by atoms with Crippen molar-refractivity contribution in [1.82, 2.24) is 10.6 Å². The van der Waals surface area contributed by atoms with E-state index < -0.39 is 0 Å². The van der Waals surface area contributed by atoms with Gasteiger partial charge in [-0.1, -0.05) is 30.3 Å². The van der Waals surface area contributed by atoms with Gasteiger partial charge in [0.25, 0.3) is 0 Å². The van der Waals surface area contributed by atoms with E-state index in [0.717, 1.165) is 5.56 Å². The number of hydrogen-bond acceptors (Lipinski definition) is 4. The van der Waals surface area contributed by atoms with Gasteiger partial charge in [0, 0.05) is 13.1 Å². The van der Waals surface area contributed by atoms with E-state index in [4.69, 9.17) is 0 Å². The van der Waals surface area contributed by atoms with E-state index in [2.05, 4.69) is 15.4 Å². The quantitative estimate of drug-likeness (QED) is 0.545. The first-order valence-corrected chi connectivity index (χ1v) is 5.80. The van der Waals surface area contributed by atoms with Gasteiger partial charge in [-0.15, -0.1) is 0 Å². The topological polar surface area (TPSA) is 67.4 Å². The van der Waals surface area contributed by atoms with Crippen LogP contribution in [0, 0.1) is 0 Å². The van der Waals surface area contributed by atoms with Gasteiger partial charge in [0.15, 0.2) is 0 Å². The molecule has 0 aliphatic rings. The molecule has 0 bridgehead atoms. The zero-order chi connectivity index (χ0) is 13.2. The van der Waals surface area contributed by atoms with Crippen molar-refractivity contribution in [2.75, 3.05) is 20.2 Å². The fourth-order valence-corrected chi connectivity index (χ4v) is 1.35. The summed E-state index contributed by atoms with van der Waals surface area (Å²) in [7, 11) is 1.34. The van der Waals surface area contributed by atoms with Crippen molar-refractivity contribution in [3.05, 3.63) is 35.9 Å². The van der Waals surface area contributed by atoms with Crippen molar-refractivity contribution in [3.8, 4) is 0 Å². The van der Waals surface area contributed by atoms with Gasteiger partial charge in [-0.2, -0.15) is 0 Å². The third-order valence-electron chi connectivity index (χ3n) is 2.35. The molecule has 18 heavy (non-hydrogen) atoms. The van der Waals surface area contributed by atoms with Crippen LogP contribution in [-0.4, -0.2) is 32.1 Å². The molecule has 0 saturated heterocycles. The van der Waals surface area contributed by atoms with Crippen LogP contribution in [0.5, 0.6) is 0 Å². The lowest BCUT2D eigenvalue weighted by atomic mass is 10.2. The smallest absolute Gasteiger partial charge is 0.306 e. The molecule has 0 spiro atoms. The van der Waals surface area contributed by atoms with Crippen LogP contribution in [0.3, 0.4) is 0 Å². The van der Waals surface area contributed by atoms with Gasteiger partial charge in [0.05, 0.1) is 20.1 Å². The lowest BCUT2D eigenvalue weighted by Crippen LogP contribution is -2.34. The molecule has 0 atom stereocenters. The average molecular weight is 250 g/mol. The molecule has 1 aromatic carbocycles. The number of carbonyl (C=O) groups is 2. The minimum atomic E-state index is -0.285. The highest BCUT2D eigenvalue weighted by Gasteiger charge is 2.02. The molecule has 98 valence electrons. The highest BCUT2D eigenvalue weighted by Crippen LogP contribution is 1.96.